The van der Waals surface area contributed by atoms with E-state index < -0.39 is 0 Å². The number of unbranched alkanes of at least 4 members (excludes halogenated alkanes) is 3. The van der Waals surface area contributed by atoms with E-state index in [4.69, 9.17) is 4.74 Å². The van der Waals surface area contributed by atoms with Crippen LogP contribution in [0.2, 0.25) is 0 Å². The smallest absolute Gasteiger partial charge is 0.302 e. The SMILES string of the molecule is CCCCCCC(CNC(C)=O)OC(C)=O. The number of ether oxygens (including phenoxy) is 1. The zero-order valence-corrected chi connectivity index (χ0v) is 10.5. The van der Waals surface area contributed by atoms with Crippen molar-refractivity contribution in [1.82, 2.24) is 5.32 Å². The maximum atomic E-state index is 10.9. The molecule has 0 radical (unpaired) electrons. The fourth-order valence-electron chi connectivity index (χ4n) is 1.49. The number of hydrogen-bond donors (Lipinski definition) is 1. The molecular formula is C12H23NO3. The Morgan fingerprint density at radius 2 is 1.88 bits per heavy atom. The van der Waals surface area contributed by atoms with Crippen LogP contribution >= 0.6 is 0 Å². The van der Waals surface area contributed by atoms with Crippen molar-refractivity contribution in [1.29, 1.82) is 0 Å². The minimum atomic E-state index is -0.286. The molecule has 0 bridgehead atoms. The Morgan fingerprint density at radius 3 is 2.38 bits per heavy atom. The van der Waals surface area contributed by atoms with Gasteiger partial charge in [-0.3, -0.25) is 9.59 Å². The molecule has 0 spiro atoms. The van der Waals surface area contributed by atoms with Gasteiger partial charge in [0.15, 0.2) is 0 Å². The van der Waals surface area contributed by atoms with Crippen molar-refractivity contribution in [2.75, 3.05) is 6.54 Å². The first-order chi connectivity index (χ1) is 7.56. The Morgan fingerprint density at radius 1 is 1.19 bits per heavy atom. The first-order valence-corrected chi connectivity index (χ1v) is 5.98. The highest BCUT2D eigenvalue weighted by atomic mass is 16.5. The second-order valence-corrected chi connectivity index (χ2v) is 4.02. The predicted octanol–water partition coefficient (Wildman–Crippen LogP) is 2.02. The summed E-state index contributed by atoms with van der Waals surface area (Å²) < 4.78 is 5.13. The monoisotopic (exact) mass is 229 g/mol. The average Bonchev–Trinajstić information content (AvgIpc) is 2.19. The lowest BCUT2D eigenvalue weighted by Gasteiger charge is -2.17. The van der Waals surface area contributed by atoms with Gasteiger partial charge >= 0.3 is 5.97 Å². The van der Waals surface area contributed by atoms with E-state index >= 15 is 0 Å². The minimum Gasteiger partial charge on any atom is -0.461 e. The summed E-state index contributed by atoms with van der Waals surface area (Å²) in [5.41, 5.74) is 0. The number of esters is 1. The van der Waals surface area contributed by atoms with Gasteiger partial charge in [0.05, 0.1) is 6.54 Å². The molecule has 1 unspecified atom stereocenters. The third-order valence-electron chi connectivity index (χ3n) is 2.29. The molecule has 0 heterocycles. The van der Waals surface area contributed by atoms with E-state index in [1.54, 1.807) is 0 Å². The van der Waals surface area contributed by atoms with Gasteiger partial charge in [-0.1, -0.05) is 26.2 Å². The van der Waals surface area contributed by atoms with Crippen molar-refractivity contribution >= 4 is 11.9 Å². The van der Waals surface area contributed by atoms with Gasteiger partial charge < -0.3 is 10.1 Å². The first-order valence-electron chi connectivity index (χ1n) is 5.98. The molecule has 1 N–H and O–H groups in total. The lowest BCUT2D eigenvalue weighted by Crippen LogP contribution is -2.33. The van der Waals surface area contributed by atoms with Gasteiger partial charge in [0, 0.05) is 13.8 Å². The van der Waals surface area contributed by atoms with Crippen LogP contribution in [0.25, 0.3) is 0 Å². The fourth-order valence-corrected chi connectivity index (χ4v) is 1.49. The Balaban J connectivity index is 3.80. The molecule has 0 saturated carbocycles. The van der Waals surface area contributed by atoms with E-state index in [1.807, 2.05) is 0 Å². The zero-order chi connectivity index (χ0) is 12.4. The second kappa shape index (κ2) is 9.19. The Hall–Kier alpha value is -1.06. The maximum Gasteiger partial charge on any atom is 0.302 e. The van der Waals surface area contributed by atoms with Crippen LogP contribution in [-0.4, -0.2) is 24.5 Å². The number of amides is 1. The van der Waals surface area contributed by atoms with Gasteiger partial charge in [0.2, 0.25) is 5.91 Å². The fraction of sp³-hybridized carbons (Fsp3) is 0.833. The van der Waals surface area contributed by atoms with Crippen molar-refractivity contribution < 1.29 is 14.3 Å². The third-order valence-corrected chi connectivity index (χ3v) is 2.29. The Bertz CT molecular complexity index is 216. The summed E-state index contributed by atoms with van der Waals surface area (Å²) in [5.74, 6) is -0.378. The van der Waals surface area contributed by atoms with Gasteiger partial charge in [-0.05, 0) is 12.8 Å². The lowest BCUT2D eigenvalue weighted by molar-refractivity contribution is -0.147. The van der Waals surface area contributed by atoms with Crippen LogP contribution in [0.3, 0.4) is 0 Å². The van der Waals surface area contributed by atoms with Crippen LogP contribution in [0, 0.1) is 0 Å². The second-order valence-electron chi connectivity index (χ2n) is 4.02. The van der Waals surface area contributed by atoms with Gasteiger partial charge in [0.1, 0.15) is 6.10 Å². The van der Waals surface area contributed by atoms with Crippen LogP contribution in [-0.2, 0) is 14.3 Å². The van der Waals surface area contributed by atoms with Crippen LogP contribution in [0.4, 0.5) is 0 Å². The van der Waals surface area contributed by atoms with E-state index in [0.717, 1.165) is 19.3 Å². The highest BCUT2D eigenvalue weighted by Gasteiger charge is 2.11. The molecule has 0 saturated heterocycles. The van der Waals surface area contributed by atoms with Gasteiger partial charge in [-0.15, -0.1) is 0 Å². The zero-order valence-electron chi connectivity index (χ0n) is 10.5. The highest BCUT2D eigenvalue weighted by molar-refractivity contribution is 5.72. The first kappa shape index (κ1) is 14.9. The molecule has 0 rings (SSSR count). The van der Waals surface area contributed by atoms with Gasteiger partial charge in [0.25, 0.3) is 0 Å². The molecule has 0 aliphatic carbocycles. The quantitative estimate of drug-likeness (QED) is 0.512. The van der Waals surface area contributed by atoms with Crippen molar-refractivity contribution in [3.63, 3.8) is 0 Å². The average molecular weight is 229 g/mol. The molecule has 4 nitrogen and oxygen atoms in total. The summed E-state index contributed by atoms with van der Waals surface area (Å²) in [5, 5.41) is 2.68. The van der Waals surface area contributed by atoms with Gasteiger partial charge in [-0.2, -0.15) is 0 Å². The van der Waals surface area contributed by atoms with Crippen LogP contribution in [0.15, 0.2) is 0 Å². The maximum absolute atomic E-state index is 10.9. The molecular weight excluding hydrogens is 206 g/mol. The summed E-state index contributed by atoms with van der Waals surface area (Å²) >= 11 is 0. The molecule has 16 heavy (non-hydrogen) atoms. The molecule has 4 heteroatoms. The van der Waals surface area contributed by atoms with Crippen LogP contribution < -0.4 is 5.32 Å². The number of carbonyl (C=O) groups excluding carboxylic acids is 2. The Labute approximate surface area is 97.7 Å². The predicted molar refractivity (Wildman–Crippen MR) is 63.0 cm³/mol. The van der Waals surface area contributed by atoms with Crippen molar-refractivity contribution in [3.05, 3.63) is 0 Å². The van der Waals surface area contributed by atoms with Crippen LogP contribution in [0.5, 0.6) is 0 Å². The van der Waals surface area contributed by atoms with Crippen molar-refractivity contribution in [2.45, 2.75) is 59.0 Å². The van der Waals surface area contributed by atoms with Gasteiger partial charge in [-0.25, -0.2) is 0 Å². The lowest BCUT2D eigenvalue weighted by atomic mass is 10.1. The molecule has 94 valence electrons. The number of carbonyl (C=O) groups is 2. The standard InChI is InChI=1S/C12H23NO3/c1-4-5-6-7-8-12(16-11(3)15)9-13-10(2)14/h12H,4-9H2,1-3H3,(H,13,14). The van der Waals surface area contributed by atoms with Crippen LogP contribution in [0.1, 0.15) is 52.9 Å². The molecule has 0 aromatic heterocycles. The molecule has 1 amide bonds. The van der Waals surface area contributed by atoms with E-state index in [-0.39, 0.29) is 18.0 Å². The van der Waals surface area contributed by atoms with Crippen molar-refractivity contribution in [2.24, 2.45) is 0 Å². The normalized spacial score (nSPS) is 11.9. The number of hydrogen-bond acceptors (Lipinski definition) is 3. The van der Waals surface area contributed by atoms with E-state index in [9.17, 15) is 9.59 Å². The summed E-state index contributed by atoms with van der Waals surface area (Å²) in [6, 6.07) is 0. The third kappa shape index (κ3) is 9.49. The summed E-state index contributed by atoms with van der Waals surface area (Å²) in [6.07, 6.45) is 5.20. The van der Waals surface area contributed by atoms with E-state index in [2.05, 4.69) is 12.2 Å². The molecule has 1 atom stereocenters. The molecule has 0 fully saturated rings. The molecule has 0 aliphatic rings. The largest absolute Gasteiger partial charge is 0.461 e. The van der Waals surface area contributed by atoms with E-state index in [1.165, 1.54) is 26.7 Å². The summed E-state index contributed by atoms with van der Waals surface area (Å²) in [7, 11) is 0. The summed E-state index contributed by atoms with van der Waals surface area (Å²) in [6.45, 7) is 5.43. The topological polar surface area (TPSA) is 55.4 Å². The molecule has 0 aromatic rings. The molecule has 0 aromatic carbocycles. The molecule has 0 aliphatic heterocycles. The number of nitrogens with one attached hydrogen (secondary N) is 1. The van der Waals surface area contributed by atoms with E-state index in [0.29, 0.717) is 6.54 Å². The summed E-state index contributed by atoms with van der Waals surface area (Å²) in [4.78, 5) is 21.6. The van der Waals surface area contributed by atoms with Crippen molar-refractivity contribution in [3.8, 4) is 0 Å². The minimum absolute atomic E-state index is 0.0919. The number of rotatable bonds is 8. The highest BCUT2D eigenvalue weighted by Crippen LogP contribution is 2.08. The Kier molecular flexibility index (Phi) is 8.58.